The summed E-state index contributed by atoms with van der Waals surface area (Å²) in [5, 5.41) is 0. The van der Waals surface area contributed by atoms with Crippen LogP contribution < -0.4 is 0 Å². The molecule has 1 heterocycles. The first-order chi connectivity index (χ1) is 14.6. The minimum Gasteiger partial charge on any atom is -0.304 e. The van der Waals surface area contributed by atoms with E-state index >= 15 is 0 Å². The van der Waals surface area contributed by atoms with E-state index in [0.29, 0.717) is 5.92 Å². The van der Waals surface area contributed by atoms with E-state index < -0.39 is 0 Å². The van der Waals surface area contributed by atoms with Crippen LogP contribution in [0.15, 0.2) is 103 Å². The molecule has 2 atom stereocenters. The fourth-order valence-electron chi connectivity index (χ4n) is 4.90. The second-order valence-corrected chi connectivity index (χ2v) is 8.66. The van der Waals surface area contributed by atoms with E-state index in [0.717, 1.165) is 17.9 Å². The highest BCUT2D eigenvalue weighted by Gasteiger charge is 2.41. The Hall–Kier alpha value is -3.13. The quantitative estimate of drug-likeness (QED) is 0.336. The van der Waals surface area contributed by atoms with E-state index in [9.17, 15) is 0 Å². The molecule has 1 aromatic heterocycles. The molecule has 0 saturated heterocycles. The lowest BCUT2D eigenvalue weighted by atomic mass is 9.64. The zero-order valence-corrected chi connectivity index (χ0v) is 18.1. The molecule has 0 bridgehead atoms. The molecule has 0 radical (unpaired) electrons. The zero-order valence-electron chi connectivity index (χ0n) is 18.1. The molecule has 0 N–H and O–H groups in total. The Labute approximate surface area is 180 Å². The lowest BCUT2D eigenvalue weighted by Gasteiger charge is -2.41. The van der Waals surface area contributed by atoms with Gasteiger partial charge in [-0.05, 0) is 35.6 Å². The van der Waals surface area contributed by atoms with Gasteiger partial charge in [0.15, 0.2) is 0 Å². The van der Waals surface area contributed by atoms with Gasteiger partial charge in [0.2, 0.25) is 0 Å². The number of rotatable bonds is 7. The molecule has 0 aliphatic heterocycles. The van der Waals surface area contributed by atoms with Gasteiger partial charge in [-0.1, -0.05) is 99.6 Å². The van der Waals surface area contributed by atoms with Crippen molar-refractivity contribution in [1.82, 2.24) is 9.55 Å². The van der Waals surface area contributed by atoms with Gasteiger partial charge in [-0.3, -0.25) is 0 Å². The maximum Gasteiger partial charge on any atom is 0.117 e. The molecule has 0 amide bonds. The van der Waals surface area contributed by atoms with Crippen LogP contribution in [-0.4, -0.2) is 9.55 Å². The Balaban J connectivity index is 1.87. The maximum atomic E-state index is 4.91. The predicted molar refractivity (Wildman–Crippen MR) is 125 cm³/mol. The molecule has 0 spiro atoms. The fraction of sp³-hybridized carbons (Fsp3) is 0.250. The number of benzene rings is 3. The molecule has 2 nitrogen and oxygen atoms in total. The molecular weight excluding hydrogens is 364 g/mol. The number of imidazole rings is 1. The Kier molecular flexibility index (Phi) is 5.85. The van der Waals surface area contributed by atoms with Gasteiger partial charge in [-0.2, -0.15) is 0 Å². The van der Waals surface area contributed by atoms with Crippen molar-refractivity contribution in [3.8, 4) is 5.69 Å². The largest absolute Gasteiger partial charge is 0.304 e. The van der Waals surface area contributed by atoms with Crippen LogP contribution in [0.2, 0.25) is 0 Å². The standard InChI is InChI=1S/C28H30N2/c1-22(2)26(27-29-19-20-30(27)25-17-11-6-12-18-25)28(3,24-15-9-5-10-16-24)21-23-13-7-4-8-14-23/h4-20,22,26H,21H2,1-3H3. The summed E-state index contributed by atoms with van der Waals surface area (Å²) in [4.78, 5) is 4.91. The smallest absolute Gasteiger partial charge is 0.117 e. The Morgan fingerprint density at radius 2 is 1.37 bits per heavy atom. The highest BCUT2D eigenvalue weighted by molar-refractivity contribution is 5.38. The van der Waals surface area contributed by atoms with Gasteiger partial charge >= 0.3 is 0 Å². The van der Waals surface area contributed by atoms with Crippen LogP contribution in [0.4, 0.5) is 0 Å². The SMILES string of the molecule is CC(C)C(c1nccn1-c1ccccc1)C(C)(Cc1ccccc1)c1ccccc1. The second kappa shape index (κ2) is 8.71. The third-order valence-electron chi connectivity index (χ3n) is 6.18. The molecule has 0 aliphatic rings. The van der Waals surface area contributed by atoms with Gasteiger partial charge in [-0.15, -0.1) is 0 Å². The van der Waals surface area contributed by atoms with Crippen molar-refractivity contribution in [1.29, 1.82) is 0 Å². The predicted octanol–water partition coefficient (Wildman–Crippen LogP) is 6.81. The molecule has 4 rings (SSSR count). The third-order valence-corrected chi connectivity index (χ3v) is 6.18. The second-order valence-electron chi connectivity index (χ2n) is 8.66. The lowest BCUT2D eigenvalue weighted by molar-refractivity contribution is 0.287. The van der Waals surface area contributed by atoms with Crippen LogP contribution in [0.5, 0.6) is 0 Å². The Morgan fingerprint density at radius 3 is 1.97 bits per heavy atom. The Morgan fingerprint density at radius 1 is 0.800 bits per heavy atom. The summed E-state index contributed by atoms with van der Waals surface area (Å²) in [6.07, 6.45) is 4.99. The molecule has 0 fully saturated rings. The first-order valence-corrected chi connectivity index (χ1v) is 10.8. The van der Waals surface area contributed by atoms with E-state index in [-0.39, 0.29) is 11.3 Å². The summed E-state index contributed by atoms with van der Waals surface area (Å²) in [6.45, 7) is 7.05. The van der Waals surface area contributed by atoms with Crippen molar-refractivity contribution in [3.63, 3.8) is 0 Å². The molecule has 3 aromatic carbocycles. The Bertz CT molecular complexity index is 1050. The van der Waals surface area contributed by atoms with Gasteiger partial charge in [0.25, 0.3) is 0 Å². The van der Waals surface area contributed by atoms with Crippen LogP contribution in [0.3, 0.4) is 0 Å². The zero-order chi connectivity index (χ0) is 21.0. The molecule has 2 unspecified atom stereocenters. The van der Waals surface area contributed by atoms with Gasteiger partial charge in [-0.25, -0.2) is 4.98 Å². The average Bonchev–Trinajstić information content (AvgIpc) is 3.24. The van der Waals surface area contributed by atoms with E-state index in [1.165, 1.54) is 11.1 Å². The minimum absolute atomic E-state index is 0.103. The molecule has 2 heteroatoms. The van der Waals surface area contributed by atoms with Gasteiger partial charge < -0.3 is 4.57 Å². The summed E-state index contributed by atoms with van der Waals surface area (Å²) in [5.41, 5.74) is 3.77. The average molecular weight is 395 g/mol. The summed E-state index contributed by atoms with van der Waals surface area (Å²) < 4.78 is 2.26. The number of hydrogen-bond donors (Lipinski definition) is 0. The molecule has 30 heavy (non-hydrogen) atoms. The summed E-state index contributed by atoms with van der Waals surface area (Å²) in [5.74, 6) is 1.79. The monoisotopic (exact) mass is 394 g/mol. The topological polar surface area (TPSA) is 17.8 Å². The molecular formula is C28H30N2. The van der Waals surface area contributed by atoms with Crippen molar-refractivity contribution in [2.45, 2.75) is 38.5 Å². The van der Waals surface area contributed by atoms with Gasteiger partial charge in [0.1, 0.15) is 5.82 Å². The van der Waals surface area contributed by atoms with Gasteiger partial charge in [0.05, 0.1) is 0 Å². The first kappa shape index (κ1) is 20.2. The number of hydrogen-bond acceptors (Lipinski definition) is 1. The highest BCUT2D eigenvalue weighted by Crippen LogP contribution is 2.45. The van der Waals surface area contributed by atoms with E-state index in [1.807, 2.05) is 6.20 Å². The number of para-hydroxylation sites is 1. The summed E-state index contributed by atoms with van der Waals surface area (Å²) in [6, 6.07) is 32.3. The summed E-state index contributed by atoms with van der Waals surface area (Å²) in [7, 11) is 0. The molecule has 4 aromatic rings. The van der Waals surface area contributed by atoms with E-state index in [4.69, 9.17) is 4.98 Å². The van der Waals surface area contributed by atoms with Crippen molar-refractivity contribution in [2.75, 3.05) is 0 Å². The maximum absolute atomic E-state index is 4.91. The number of nitrogens with zero attached hydrogens (tertiary/aromatic N) is 2. The van der Waals surface area contributed by atoms with Crippen LogP contribution >= 0.6 is 0 Å². The lowest BCUT2D eigenvalue weighted by Crippen LogP contribution is -2.37. The third kappa shape index (κ3) is 3.95. The van der Waals surface area contributed by atoms with Crippen LogP contribution in [0.1, 0.15) is 43.6 Å². The van der Waals surface area contributed by atoms with E-state index in [2.05, 4.69) is 123 Å². The van der Waals surface area contributed by atoms with E-state index in [1.54, 1.807) is 0 Å². The molecule has 0 saturated carbocycles. The molecule has 152 valence electrons. The molecule has 0 aliphatic carbocycles. The van der Waals surface area contributed by atoms with Crippen molar-refractivity contribution >= 4 is 0 Å². The van der Waals surface area contributed by atoms with Crippen molar-refractivity contribution < 1.29 is 0 Å². The van der Waals surface area contributed by atoms with Crippen LogP contribution in [0, 0.1) is 5.92 Å². The number of aromatic nitrogens is 2. The van der Waals surface area contributed by atoms with Crippen LogP contribution in [-0.2, 0) is 11.8 Å². The summed E-state index contributed by atoms with van der Waals surface area (Å²) >= 11 is 0. The van der Waals surface area contributed by atoms with Gasteiger partial charge in [0, 0.05) is 29.4 Å². The fourth-order valence-corrected chi connectivity index (χ4v) is 4.90. The van der Waals surface area contributed by atoms with Crippen molar-refractivity contribution in [3.05, 3.63) is 120 Å². The normalized spacial score (nSPS) is 14.4. The first-order valence-electron chi connectivity index (χ1n) is 10.8. The van der Waals surface area contributed by atoms with Crippen LogP contribution in [0.25, 0.3) is 5.69 Å². The minimum atomic E-state index is -0.103. The van der Waals surface area contributed by atoms with Crippen molar-refractivity contribution in [2.24, 2.45) is 5.92 Å². The highest BCUT2D eigenvalue weighted by atomic mass is 15.1.